The maximum absolute atomic E-state index is 14.7. The van der Waals surface area contributed by atoms with Crippen LogP contribution in [0.4, 0.5) is 17.6 Å². The Bertz CT molecular complexity index is 929. The van der Waals surface area contributed by atoms with Crippen molar-refractivity contribution in [1.29, 1.82) is 0 Å². The molecule has 2 nitrogen and oxygen atoms in total. The first kappa shape index (κ1) is 27.8. The average Bonchev–Trinajstić information content (AvgIpc) is 2.90. The Hall–Kier alpha value is -2.24. The topological polar surface area (TPSA) is 18.5 Å². The standard InChI is InChI=1S/C31H40F4O2/c1-2-3-22-4-6-23(7-5-22)8-9-24-10-12-25(13-11-24)26-14-16-27(17-15-26)31(34,35)37-29-20-18-28(19-21-29)36-30(32)33/h14-25,30H,2-13H2,1H3. The van der Waals surface area contributed by atoms with Gasteiger partial charge in [0.05, 0.1) is 5.56 Å². The molecule has 2 aromatic carbocycles. The third kappa shape index (κ3) is 8.12. The van der Waals surface area contributed by atoms with Gasteiger partial charge in [-0.05, 0) is 91.3 Å². The van der Waals surface area contributed by atoms with Crippen LogP contribution in [0, 0.1) is 17.8 Å². The van der Waals surface area contributed by atoms with E-state index in [1.807, 2.05) is 0 Å². The molecule has 204 valence electrons. The zero-order valence-corrected chi connectivity index (χ0v) is 21.8. The number of rotatable bonds is 11. The predicted molar refractivity (Wildman–Crippen MR) is 138 cm³/mol. The first-order valence-corrected chi connectivity index (χ1v) is 14.0. The molecule has 2 aromatic rings. The Labute approximate surface area is 218 Å². The van der Waals surface area contributed by atoms with Crippen LogP contribution in [0.2, 0.25) is 0 Å². The molecule has 2 aliphatic carbocycles. The van der Waals surface area contributed by atoms with E-state index in [9.17, 15) is 17.6 Å². The summed E-state index contributed by atoms with van der Waals surface area (Å²) in [6.45, 7) is -0.677. The van der Waals surface area contributed by atoms with E-state index < -0.39 is 12.7 Å². The second kappa shape index (κ2) is 13.0. The Balaban J connectivity index is 1.22. The smallest absolute Gasteiger partial charge is 0.426 e. The summed E-state index contributed by atoms with van der Waals surface area (Å²) in [5.74, 6) is 2.88. The van der Waals surface area contributed by atoms with E-state index in [-0.39, 0.29) is 17.1 Å². The van der Waals surface area contributed by atoms with E-state index in [0.717, 1.165) is 36.2 Å². The summed E-state index contributed by atoms with van der Waals surface area (Å²) in [6, 6.07) is 11.2. The Kier molecular flexibility index (Phi) is 9.77. The molecule has 0 aromatic heterocycles. The van der Waals surface area contributed by atoms with Crippen molar-refractivity contribution >= 4 is 0 Å². The molecule has 0 aliphatic heterocycles. The van der Waals surface area contributed by atoms with Crippen LogP contribution in [0.25, 0.3) is 0 Å². The number of hydrogen-bond donors (Lipinski definition) is 0. The lowest BCUT2D eigenvalue weighted by atomic mass is 9.74. The Morgan fingerprint density at radius 1 is 0.703 bits per heavy atom. The summed E-state index contributed by atoms with van der Waals surface area (Å²) in [5.41, 5.74) is 0.882. The highest BCUT2D eigenvalue weighted by Gasteiger charge is 2.35. The summed E-state index contributed by atoms with van der Waals surface area (Å²) in [6.07, 6.45) is 12.3. The van der Waals surface area contributed by atoms with Gasteiger partial charge in [-0.25, -0.2) is 0 Å². The molecule has 0 heterocycles. The molecule has 0 saturated heterocycles. The third-order valence-corrected chi connectivity index (χ3v) is 8.51. The van der Waals surface area contributed by atoms with E-state index in [1.165, 1.54) is 101 Å². The van der Waals surface area contributed by atoms with Crippen LogP contribution in [0.15, 0.2) is 48.5 Å². The Morgan fingerprint density at radius 2 is 1.19 bits per heavy atom. The second-order valence-electron chi connectivity index (χ2n) is 11.1. The molecule has 0 amide bonds. The molecule has 6 heteroatoms. The van der Waals surface area contributed by atoms with E-state index in [0.29, 0.717) is 5.92 Å². The van der Waals surface area contributed by atoms with Crippen molar-refractivity contribution in [2.24, 2.45) is 17.8 Å². The van der Waals surface area contributed by atoms with E-state index in [2.05, 4.69) is 11.7 Å². The van der Waals surface area contributed by atoms with Gasteiger partial charge in [0.25, 0.3) is 0 Å². The van der Waals surface area contributed by atoms with Crippen LogP contribution in [0.3, 0.4) is 0 Å². The quantitative estimate of drug-likeness (QED) is 0.274. The van der Waals surface area contributed by atoms with Gasteiger partial charge >= 0.3 is 12.7 Å². The van der Waals surface area contributed by atoms with Crippen molar-refractivity contribution in [3.8, 4) is 11.5 Å². The van der Waals surface area contributed by atoms with E-state index in [1.54, 1.807) is 12.1 Å². The van der Waals surface area contributed by atoms with Gasteiger partial charge in [0.2, 0.25) is 0 Å². The van der Waals surface area contributed by atoms with Crippen molar-refractivity contribution in [3.05, 3.63) is 59.7 Å². The van der Waals surface area contributed by atoms with Crippen LogP contribution in [-0.2, 0) is 6.11 Å². The van der Waals surface area contributed by atoms with Gasteiger partial charge in [-0.2, -0.15) is 17.6 Å². The van der Waals surface area contributed by atoms with Crippen LogP contribution in [0.5, 0.6) is 11.5 Å². The average molecular weight is 521 g/mol. The summed E-state index contributed by atoms with van der Waals surface area (Å²) >= 11 is 0. The van der Waals surface area contributed by atoms with Crippen molar-refractivity contribution in [3.63, 3.8) is 0 Å². The van der Waals surface area contributed by atoms with Crippen LogP contribution < -0.4 is 9.47 Å². The fourth-order valence-corrected chi connectivity index (χ4v) is 6.32. The highest BCUT2D eigenvalue weighted by Crippen LogP contribution is 2.41. The van der Waals surface area contributed by atoms with Gasteiger partial charge in [0.1, 0.15) is 11.5 Å². The van der Waals surface area contributed by atoms with Gasteiger partial charge in [-0.1, -0.05) is 70.4 Å². The highest BCUT2D eigenvalue weighted by atomic mass is 19.3. The van der Waals surface area contributed by atoms with E-state index in [4.69, 9.17) is 4.74 Å². The van der Waals surface area contributed by atoms with Gasteiger partial charge in [0.15, 0.2) is 0 Å². The molecule has 0 radical (unpaired) electrons. The van der Waals surface area contributed by atoms with Crippen LogP contribution in [0.1, 0.15) is 101 Å². The number of benzene rings is 2. The molecular formula is C31H40F4O2. The predicted octanol–water partition coefficient (Wildman–Crippen LogP) is 10.1. The minimum atomic E-state index is -3.53. The maximum atomic E-state index is 14.7. The minimum absolute atomic E-state index is 0.112. The molecule has 0 unspecified atom stereocenters. The van der Waals surface area contributed by atoms with Crippen molar-refractivity contribution < 1.29 is 27.0 Å². The molecule has 0 spiro atoms. The zero-order valence-electron chi connectivity index (χ0n) is 21.8. The number of alkyl halides is 4. The van der Waals surface area contributed by atoms with Gasteiger partial charge in [-0.15, -0.1) is 0 Å². The summed E-state index contributed by atoms with van der Waals surface area (Å²) in [4.78, 5) is 0. The van der Waals surface area contributed by atoms with Crippen LogP contribution in [-0.4, -0.2) is 6.61 Å². The minimum Gasteiger partial charge on any atom is -0.435 e. The van der Waals surface area contributed by atoms with Gasteiger partial charge in [-0.3, -0.25) is 0 Å². The fourth-order valence-electron chi connectivity index (χ4n) is 6.32. The SMILES string of the molecule is CCCC1CCC(CCC2CCC(c3ccc(C(F)(F)Oc4ccc(OC(F)F)cc4)cc3)CC2)CC1. The number of hydrogen-bond acceptors (Lipinski definition) is 2. The number of ether oxygens (including phenoxy) is 2. The molecule has 37 heavy (non-hydrogen) atoms. The van der Waals surface area contributed by atoms with Crippen molar-refractivity contribution in [1.82, 2.24) is 0 Å². The summed E-state index contributed by atoms with van der Waals surface area (Å²) in [7, 11) is 0. The molecule has 2 saturated carbocycles. The molecule has 2 fully saturated rings. The van der Waals surface area contributed by atoms with Crippen molar-refractivity contribution in [2.75, 3.05) is 0 Å². The monoisotopic (exact) mass is 520 g/mol. The highest BCUT2D eigenvalue weighted by molar-refractivity contribution is 5.33. The first-order chi connectivity index (χ1) is 17.8. The normalized spacial score (nSPS) is 24.7. The zero-order chi connectivity index (χ0) is 26.3. The molecule has 2 aliphatic rings. The van der Waals surface area contributed by atoms with Gasteiger partial charge < -0.3 is 9.47 Å². The summed E-state index contributed by atoms with van der Waals surface area (Å²) < 4.78 is 63.0. The second-order valence-corrected chi connectivity index (χ2v) is 11.1. The molecule has 0 bridgehead atoms. The lowest BCUT2D eigenvalue weighted by Gasteiger charge is -2.32. The van der Waals surface area contributed by atoms with E-state index >= 15 is 0 Å². The summed E-state index contributed by atoms with van der Waals surface area (Å²) in [5, 5.41) is 0. The number of halogens is 4. The van der Waals surface area contributed by atoms with Crippen molar-refractivity contribution in [2.45, 2.75) is 103 Å². The molecule has 0 N–H and O–H groups in total. The molecule has 4 rings (SSSR count). The molecule has 0 atom stereocenters. The van der Waals surface area contributed by atoms with Gasteiger partial charge in [0, 0.05) is 0 Å². The largest absolute Gasteiger partial charge is 0.435 e. The van der Waals surface area contributed by atoms with Crippen LogP contribution >= 0.6 is 0 Å². The maximum Gasteiger partial charge on any atom is 0.426 e. The fraction of sp³-hybridized carbons (Fsp3) is 0.613. The first-order valence-electron chi connectivity index (χ1n) is 14.0. The lowest BCUT2D eigenvalue weighted by molar-refractivity contribution is -0.185. The Morgan fingerprint density at radius 3 is 1.70 bits per heavy atom. The molecular weight excluding hydrogens is 480 g/mol. The lowest BCUT2D eigenvalue weighted by Crippen LogP contribution is -2.22. The third-order valence-electron chi connectivity index (χ3n) is 8.51.